The Morgan fingerprint density at radius 2 is 2.12 bits per heavy atom. The summed E-state index contributed by atoms with van der Waals surface area (Å²) < 4.78 is 6.11. The highest BCUT2D eigenvalue weighted by molar-refractivity contribution is 9.10. The smallest absolute Gasteiger partial charge is 0.258 e. The third-order valence-corrected chi connectivity index (χ3v) is 3.41. The maximum absolute atomic E-state index is 10.8. The molecule has 0 N–H and O–H groups in total. The van der Waals surface area contributed by atoms with E-state index in [-0.39, 0.29) is 5.78 Å². The Bertz CT molecular complexity index is 525. The zero-order valence-corrected chi connectivity index (χ0v) is 11.4. The van der Waals surface area contributed by atoms with E-state index in [1.54, 1.807) is 0 Å². The normalized spacial score (nSPS) is 10.5. The lowest BCUT2D eigenvalue weighted by molar-refractivity contribution is -0.114. The summed E-state index contributed by atoms with van der Waals surface area (Å²) >= 11 is 4.63. The van der Waals surface area contributed by atoms with E-state index in [2.05, 4.69) is 26.1 Å². The first kappa shape index (κ1) is 12.3. The Morgan fingerprint density at radius 1 is 1.41 bits per heavy atom. The van der Waals surface area contributed by atoms with Crippen molar-refractivity contribution in [3.8, 4) is 11.5 Å². The molecule has 1 heterocycles. The molecule has 0 bridgehead atoms. The lowest BCUT2D eigenvalue weighted by Crippen LogP contribution is -1.93. The highest BCUT2D eigenvalue weighted by Crippen LogP contribution is 2.22. The van der Waals surface area contributed by atoms with Crippen LogP contribution in [-0.2, 0) is 4.79 Å². The Balaban J connectivity index is 2.12. The zero-order chi connectivity index (χ0) is 12.3. The molecule has 0 aliphatic heterocycles. The lowest BCUT2D eigenvalue weighted by Gasteiger charge is -1.93. The van der Waals surface area contributed by atoms with Crippen LogP contribution in [0.1, 0.15) is 6.92 Å². The van der Waals surface area contributed by atoms with Crippen molar-refractivity contribution >= 4 is 33.5 Å². The average molecular weight is 313 g/mol. The van der Waals surface area contributed by atoms with E-state index in [4.69, 9.17) is 4.52 Å². The number of halogens is 1. The number of nitrogens with zero attached hydrogens (tertiary/aromatic N) is 2. The topological polar surface area (TPSA) is 56.0 Å². The second-order valence-electron chi connectivity index (χ2n) is 3.38. The summed E-state index contributed by atoms with van der Waals surface area (Å²) in [4.78, 5) is 15.0. The first-order valence-electron chi connectivity index (χ1n) is 4.87. The molecule has 0 fully saturated rings. The van der Waals surface area contributed by atoms with Gasteiger partial charge in [0, 0.05) is 10.0 Å². The SMILES string of the molecule is CC(=O)CSc1noc(-c2ccc(Br)cc2)n1. The lowest BCUT2D eigenvalue weighted by atomic mass is 10.2. The van der Waals surface area contributed by atoms with Crippen molar-refractivity contribution in [1.82, 2.24) is 10.1 Å². The van der Waals surface area contributed by atoms with Crippen LogP contribution in [0.15, 0.2) is 38.4 Å². The first-order valence-corrected chi connectivity index (χ1v) is 6.65. The van der Waals surface area contributed by atoms with Crippen molar-refractivity contribution in [2.45, 2.75) is 12.1 Å². The van der Waals surface area contributed by atoms with Crippen LogP contribution in [0.25, 0.3) is 11.5 Å². The molecule has 88 valence electrons. The number of carbonyl (C=O) groups excluding carboxylic acids is 1. The number of hydrogen-bond acceptors (Lipinski definition) is 5. The minimum Gasteiger partial charge on any atom is -0.333 e. The van der Waals surface area contributed by atoms with Gasteiger partial charge in [-0.05, 0) is 36.3 Å². The Hall–Kier alpha value is -1.14. The zero-order valence-electron chi connectivity index (χ0n) is 9.01. The summed E-state index contributed by atoms with van der Waals surface area (Å²) in [6.07, 6.45) is 0. The Labute approximate surface area is 111 Å². The Kier molecular flexibility index (Phi) is 3.96. The first-order chi connectivity index (χ1) is 8.15. The molecule has 0 unspecified atom stereocenters. The van der Waals surface area contributed by atoms with E-state index < -0.39 is 0 Å². The predicted molar refractivity (Wildman–Crippen MR) is 68.8 cm³/mol. The van der Waals surface area contributed by atoms with Crippen LogP contribution in [0.5, 0.6) is 0 Å². The molecule has 0 aliphatic carbocycles. The maximum Gasteiger partial charge on any atom is 0.258 e. The number of hydrogen-bond donors (Lipinski definition) is 0. The summed E-state index contributed by atoms with van der Waals surface area (Å²) in [5, 5.41) is 4.28. The van der Waals surface area contributed by atoms with Gasteiger partial charge in [-0.2, -0.15) is 4.98 Å². The fraction of sp³-hybridized carbons (Fsp3) is 0.182. The van der Waals surface area contributed by atoms with Crippen molar-refractivity contribution in [2.24, 2.45) is 0 Å². The van der Waals surface area contributed by atoms with Crippen LogP contribution in [-0.4, -0.2) is 21.7 Å². The molecule has 6 heteroatoms. The number of aromatic nitrogens is 2. The summed E-state index contributed by atoms with van der Waals surface area (Å²) in [6.45, 7) is 1.53. The largest absolute Gasteiger partial charge is 0.333 e. The summed E-state index contributed by atoms with van der Waals surface area (Å²) in [5.74, 6) is 0.910. The third-order valence-electron chi connectivity index (χ3n) is 1.90. The Morgan fingerprint density at radius 3 is 2.76 bits per heavy atom. The minimum absolute atomic E-state index is 0.0880. The molecular formula is C11H9BrN2O2S. The molecule has 0 saturated heterocycles. The van der Waals surface area contributed by atoms with Gasteiger partial charge < -0.3 is 4.52 Å². The van der Waals surface area contributed by atoms with Crippen molar-refractivity contribution in [1.29, 1.82) is 0 Å². The van der Waals surface area contributed by atoms with Gasteiger partial charge in [0.05, 0.1) is 5.75 Å². The van der Waals surface area contributed by atoms with Gasteiger partial charge in [0.1, 0.15) is 5.78 Å². The average Bonchev–Trinajstić information content (AvgIpc) is 2.76. The van der Waals surface area contributed by atoms with Crippen molar-refractivity contribution < 1.29 is 9.32 Å². The molecule has 0 atom stereocenters. The van der Waals surface area contributed by atoms with Crippen LogP contribution < -0.4 is 0 Å². The van der Waals surface area contributed by atoms with E-state index in [1.165, 1.54) is 18.7 Å². The second kappa shape index (κ2) is 5.46. The number of carbonyl (C=O) groups is 1. The molecule has 0 aliphatic rings. The fourth-order valence-electron chi connectivity index (χ4n) is 1.14. The van der Waals surface area contributed by atoms with Gasteiger partial charge in [-0.15, -0.1) is 0 Å². The molecular weight excluding hydrogens is 304 g/mol. The van der Waals surface area contributed by atoms with Crippen LogP contribution >= 0.6 is 27.7 Å². The monoisotopic (exact) mass is 312 g/mol. The van der Waals surface area contributed by atoms with Gasteiger partial charge >= 0.3 is 0 Å². The van der Waals surface area contributed by atoms with E-state index >= 15 is 0 Å². The van der Waals surface area contributed by atoms with Crippen molar-refractivity contribution in [3.63, 3.8) is 0 Å². The molecule has 0 saturated carbocycles. The quantitative estimate of drug-likeness (QED) is 0.812. The molecule has 0 radical (unpaired) electrons. The van der Waals surface area contributed by atoms with Crippen LogP contribution in [0.4, 0.5) is 0 Å². The molecule has 2 aromatic rings. The molecule has 4 nitrogen and oxygen atoms in total. The number of Topliss-reactive ketones (excluding diaryl/α,β-unsaturated/α-hetero) is 1. The van der Waals surface area contributed by atoms with Gasteiger partial charge in [0.25, 0.3) is 5.89 Å². The molecule has 0 spiro atoms. The number of benzene rings is 1. The summed E-state index contributed by atoms with van der Waals surface area (Å²) in [6, 6.07) is 7.58. The van der Waals surface area contributed by atoms with E-state index in [9.17, 15) is 4.79 Å². The van der Waals surface area contributed by atoms with Gasteiger partial charge in [-0.3, -0.25) is 4.79 Å². The standard InChI is InChI=1S/C11H9BrN2O2S/c1-7(15)6-17-11-13-10(16-14-11)8-2-4-9(12)5-3-8/h2-5H,6H2,1H3. The maximum atomic E-state index is 10.8. The highest BCUT2D eigenvalue weighted by atomic mass is 79.9. The molecule has 1 aromatic heterocycles. The highest BCUT2D eigenvalue weighted by Gasteiger charge is 2.09. The minimum atomic E-state index is 0.0880. The summed E-state index contributed by atoms with van der Waals surface area (Å²) in [7, 11) is 0. The third kappa shape index (κ3) is 3.41. The number of rotatable bonds is 4. The van der Waals surface area contributed by atoms with Crippen molar-refractivity contribution in [2.75, 3.05) is 5.75 Å². The van der Waals surface area contributed by atoms with Gasteiger partial charge in [0.15, 0.2) is 0 Å². The van der Waals surface area contributed by atoms with Crippen LogP contribution in [0.3, 0.4) is 0 Å². The summed E-state index contributed by atoms with van der Waals surface area (Å²) in [5.41, 5.74) is 0.857. The van der Waals surface area contributed by atoms with Crippen molar-refractivity contribution in [3.05, 3.63) is 28.7 Å². The van der Waals surface area contributed by atoms with Gasteiger partial charge in [0.2, 0.25) is 5.16 Å². The fourth-order valence-corrected chi connectivity index (χ4v) is 1.98. The van der Waals surface area contributed by atoms with Gasteiger partial charge in [-0.25, -0.2) is 0 Å². The molecule has 2 rings (SSSR count). The molecule has 0 amide bonds. The van der Waals surface area contributed by atoms with E-state index in [0.717, 1.165) is 10.0 Å². The van der Waals surface area contributed by atoms with Crippen LogP contribution in [0.2, 0.25) is 0 Å². The van der Waals surface area contributed by atoms with E-state index in [0.29, 0.717) is 16.8 Å². The predicted octanol–water partition coefficient (Wildman–Crippen LogP) is 3.18. The number of thioether (sulfide) groups is 1. The molecule has 1 aromatic carbocycles. The van der Waals surface area contributed by atoms with E-state index in [1.807, 2.05) is 24.3 Å². The van der Waals surface area contributed by atoms with Crippen LogP contribution in [0, 0.1) is 0 Å². The molecule has 17 heavy (non-hydrogen) atoms. The van der Waals surface area contributed by atoms with Gasteiger partial charge in [-0.1, -0.05) is 27.7 Å². The second-order valence-corrected chi connectivity index (χ2v) is 5.24. The number of ketones is 1.